The molecule has 174 valence electrons. The van der Waals surface area contributed by atoms with Crippen molar-refractivity contribution in [2.75, 3.05) is 26.7 Å². The molecular formula is C27H28N4O3. The normalized spacial score (nSPS) is 17.0. The van der Waals surface area contributed by atoms with Crippen LogP contribution in [-0.2, 0) is 6.54 Å². The average molecular weight is 457 g/mol. The highest BCUT2D eigenvalue weighted by Crippen LogP contribution is 2.39. The van der Waals surface area contributed by atoms with Gasteiger partial charge in [-0.15, -0.1) is 0 Å². The summed E-state index contributed by atoms with van der Waals surface area (Å²) < 4.78 is 11.6. The van der Waals surface area contributed by atoms with Crippen LogP contribution in [0.15, 0.2) is 77.8 Å². The Hall–Kier alpha value is -4.00. The maximum Gasteiger partial charge on any atom is 0.318 e. The smallest absolute Gasteiger partial charge is 0.318 e. The Kier molecular flexibility index (Phi) is 6.08. The zero-order valence-electron chi connectivity index (χ0n) is 19.4. The predicted molar refractivity (Wildman–Crippen MR) is 132 cm³/mol. The number of hydrogen-bond donors (Lipinski definition) is 1. The van der Waals surface area contributed by atoms with E-state index in [-0.39, 0.29) is 12.1 Å². The van der Waals surface area contributed by atoms with Crippen LogP contribution in [0.5, 0.6) is 17.2 Å². The number of para-hydroxylation sites is 2. The number of methoxy groups -OCH3 is 1. The fraction of sp³-hybridized carbons (Fsp3) is 0.259. The van der Waals surface area contributed by atoms with Crippen molar-refractivity contribution in [2.24, 2.45) is 4.99 Å². The number of ether oxygens (including phenoxy) is 2. The number of carbonyl (C=O) groups is 1. The third kappa shape index (κ3) is 4.41. The summed E-state index contributed by atoms with van der Waals surface area (Å²) >= 11 is 0. The van der Waals surface area contributed by atoms with Gasteiger partial charge in [0.15, 0.2) is 5.75 Å². The summed E-state index contributed by atoms with van der Waals surface area (Å²) in [6.45, 7) is 4.54. The van der Waals surface area contributed by atoms with Crippen LogP contribution in [0.1, 0.15) is 18.1 Å². The topological polar surface area (TPSA) is 66.4 Å². The fourth-order valence-electron chi connectivity index (χ4n) is 4.40. The van der Waals surface area contributed by atoms with E-state index in [2.05, 4.69) is 17.1 Å². The second-order valence-electron chi connectivity index (χ2n) is 8.50. The summed E-state index contributed by atoms with van der Waals surface area (Å²) in [5.74, 6) is 2.99. The van der Waals surface area contributed by atoms with Crippen molar-refractivity contribution < 1.29 is 14.3 Å². The van der Waals surface area contributed by atoms with Crippen molar-refractivity contribution in [1.82, 2.24) is 15.1 Å². The molecule has 2 aliphatic rings. The third-order valence-electron chi connectivity index (χ3n) is 6.22. The highest BCUT2D eigenvalue weighted by Gasteiger charge is 2.31. The first-order valence-electron chi connectivity index (χ1n) is 11.5. The number of nitrogens with one attached hydrogen (secondary N) is 1. The highest BCUT2D eigenvalue weighted by atomic mass is 16.5. The molecule has 1 atom stereocenters. The lowest BCUT2D eigenvalue weighted by Gasteiger charge is -2.41. The summed E-state index contributed by atoms with van der Waals surface area (Å²) in [6, 6.07) is 23.5. The molecule has 0 unspecified atom stereocenters. The Morgan fingerprint density at radius 3 is 2.65 bits per heavy atom. The van der Waals surface area contributed by atoms with E-state index < -0.39 is 0 Å². The van der Waals surface area contributed by atoms with Gasteiger partial charge in [-0.25, -0.2) is 9.79 Å². The number of carbonyl (C=O) groups excluding carboxylic acids is 1. The average Bonchev–Trinajstić information content (AvgIpc) is 3.04. The molecule has 0 bridgehead atoms. The van der Waals surface area contributed by atoms with Gasteiger partial charge in [-0.1, -0.05) is 42.5 Å². The van der Waals surface area contributed by atoms with Crippen LogP contribution in [0, 0.1) is 0 Å². The minimum absolute atomic E-state index is 0.0216. The number of piperazine rings is 1. The number of urea groups is 1. The molecule has 2 amide bonds. The first-order valence-corrected chi connectivity index (χ1v) is 11.5. The van der Waals surface area contributed by atoms with Gasteiger partial charge in [-0.05, 0) is 36.8 Å². The first kappa shape index (κ1) is 21.8. The maximum atomic E-state index is 12.9. The predicted octanol–water partition coefficient (Wildman–Crippen LogP) is 4.80. The van der Waals surface area contributed by atoms with Crippen molar-refractivity contribution in [1.29, 1.82) is 0 Å². The maximum absolute atomic E-state index is 12.9. The Labute approximate surface area is 199 Å². The van der Waals surface area contributed by atoms with Gasteiger partial charge in [-0.3, -0.25) is 0 Å². The van der Waals surface area contributed by atoms with Crippen molar-refractivity contribution in [3.05, 3.63) is 83.9 Å². The molecule has 34 heavy (non-hydrogen) atoms. The standard InChI is InChI=1S/C27H28N4O3/c1-19-18-30(14-15-31(19)27(32)28-17-20-8-4-3-5-9-20)26-22-13-12-21(33-2)16-25(22)34-24-11-7-6-10-23(24)29-26/h3-13,16,19H,14-15,17-18H2,1-2H3,(H,28,32)/t19-/m1/s1. The van der Waals surface area contributed by atoms with Crippen LogP contribution in [0.3, 0.4) is 0 Å². The number of benzene rings is 3. The lowest BCUT2D eigenvalue weighted by Crippen LogP contribution is -2.57. The fourth-order valence-corrected chi connectivity index (χ4v) is 4.40. The van der Waals surface area contributed by atoms with E-state index in [1.54, 1.807) is 7.11 Å². The molecule has 5 rings (SSSR count). The Balaban J connectivity index is 1.36. The number of hydrogen-bond acceptors (Lipinski definition) is 5. The van der Waals surface area contributed by atoms with Crippen molar-refractivity contribution in [2.45, 2.75) is 19.5 Å². The molecule has 2 aliphatic heterocycles. The highest BCUT2D eigenvalue weighted by molar-refractivity contribution is 6.04. The summed E-state index contributed by atoms with van der Waals surface area (Å²) in [4.78, 5) is 22.0. The minimum Gasteiger partial charge on any atom is -0.497 e. The Morgan fingerprint density at radius 1 is 1.06 bits per heavy atom. The monoisotopic (exact) mass is 456 g/mol. The second kappa shape index (κ2) is 9.47. The molecule has 1 N–H and O–H groups in total. The summed E-state index contributed by atoms with van der Waals surface area (Å²) in [6.07, 6.45) is 0. The molecule has 2 heterocycles. The molecule has 1 saturated heterocycles. The van der Waals surface area contributed by atoms with Crippen LogP contribution in [0.2, 0.25) is 0 Å². The second-order valence-corrected chi connectivity index (χ2v) is 8.50. The van der Waals surface area contributed by atoms with Gasteiger partial charge < -0.3 is 24.6 Å². The van der Waals surface area contributed by atoms with Gasteiger partial charge in [0.05, 0.1) is 12.7 Å². The van der Waals surface area contributed by atoms with Gasteiger partial charge in [0.25, 0.3) is 0 Å². The number of rotatable bonds is 3. The number of nitrogens with zero attached hydrogens (tertiary/aromatic N) is 3. The number of amidine groups is 1. The Bertz CT molecular complexity index is 1210. The van der Waals surface area contributed by atoms with Gasteiger partial charge in [0, 0.05) is 38.3 Å². The van der Waals surface area contributed by atoms with E-state index in [1.807, 2.05) is 77.7 Å². The van der Waals surface area contributed by atoms with Gasteiger partial charge >= 0.3 is 6.03 Å². The number of amides is 2. The van der Waals surface area contributed by atoms with E-state index in [4.69, 9.17) is 14.5 Å². The zero-order valence-corrected chi connectivity index (χ0v) is 19.4. The minimum atomic E-state index is -0.0439. The van der Waals surface area contributed by atoms with Crippen LogP contribution < -0.4 is 14.8 Å². The number of fused-ring (bicyclic) bond motifs is 2. The zero-order chi connectivity index (χ0) is 23.5. The van der Waals surface area contributed by atoms with Crippen molar-refractivity contribution in [3.63, 3.8) is 0 Å². The van der Waals surface area contributed by atoms with E-state index >= 15 is 0 Å². The van der Waals surface area contributed by atoms with Crippen molar-refractivity contribution in [3.8, 4) is 17.2 Å². The van der Waals surface area contributed by atoms with E-state index in [0.717, 1.165) is 28.4 Å². The summed E-state index contributed by atoms with van der Waals surface area (Å²) in [7, 11) is 1.64. The van der Waals surface area contributed by atoms with E-state index in [0.29, 0.717) is 37.7 Å². The molecule has 1 fully saturated rings. The molecule has 7 nitrogen and oxygen atoms in total. The molecule has 0 aromatic heterocycles. The van der Waals surface area contributed by atoms with Crippen LogP contribution in [0.25, 0.3) is 0 Å². The van der Waals surface area contributed by atoms with Gasteiger partial charge in [0.1, 0.15) is 23.0 Å². The van der Waals surface area contributed by atoms with Gasteiger partial charge in [0.2, 0.25) is 0 Å². The Morgan fingerprint density at radius 2 is 1.85 bits per heavy atom. The van der Waals surface area contributed by atoms with E-state index in [1.165, 1.54) is 0 Å². The molecule has 0 radical (unpaired) electrons. The molecular weight excluding hydrogens is 428 g/mol. The molecule has 0 aliphatic carbocycles. The molecule has 3 aromatic rings. The summed E-state index contributed by atoms with van der Waals surface area (Å²) in [5.41, 5.74) is 2.77. The first-order chi connectivity index (χ1) is 16.6. The number of aliphatic imine (C=N–C) groups is 1. The lowest BCUT2D eigenvalue weighted by atomic mass is 10.1. The van der Waals surface area contributed by atoms with Crippen molar-refractivity contribution >= 4 is 17.6 Å². The molecule has 7 heteroatoms. The lowest BCUT2D eigenvalue weighted by molar-refractivity contribution is 0.134. The molecule has 0 saturated carbocycles. The van der Waals surface area contributed by atoms with E-state index in [9.17, 15) is 4.79 Å². The van der Waals surface area contributed by atoms with Crippen LogP contribution in [0.4, 0.5) is 10.5 Å². The SMILES string of the molecule is COc1ccc2c(c1)Oc1ccccc1N=C2N1CCN(C(=O)NCc2ccccc2)[C@H](C)C1. The quantitative estimate of drug-likeness (QED) is 0.615. The van der Waals surface area contributed by atoms with Crippen LogP contribution in [-0.4, -0.2) is 54.5 Å². The molecule has 0 spiro atoms. The van der Waals surface area contributed by atoms with Gasteiger partial charge in [-0.2, -0.15) is 0 Å². The summed E-state index contributed by atoms with van der Waals surface area (Å²) in [5, 5.41) is 3.05. The third-order valence-corrected chi connectivity index (χ3v) is 6.22. The largest absolute Gasteiger partial charge is 0.497 e. The molecule has 3 aromatic carbocycles. The van der Waals surface area contributed by atoms with Crippen LogP contribution >= 0.6 is 0 Å².